The first kappa shape index (κ1) is 67.9. The lowest BCUT2D eigenvalue weighted by Crippen LogP contribution is -2.60. The Balaban J connectivity index is 1.70. The van der Waals surface area contributed by atoms with E-state index in [2.05, 4.69) is 26.6 Å². The van der Waals surface area contributed by atoms with Gasteiger partial charge in [-0.05, 0) is 79.5 Å². The SMILES string of the molecule is CCC(C)[C@@H](C(CC(=O)N1CCCC1C(OC)C(C)C(=O)NC(C)C(O)c1ccccc1)OC)N(C)C(=O)[C@@H](NC(=O)[C@H](C(C)C)N(C)C(=O)OCc1ccc(NC(=O)C(CCCNC(N)=O)NC(=O)[C@@H](N)C(C)C)cc1)C(C)C. The summed E-state index contributed by atoms with van der Waals surface area (Å²) < 4.78 is 17.7. The van der Waals surface area contributed by atoms with Gasteiger partial charge in [0, 0.05) is 47.1 Å². The molecular weight excluding hydrogens is 1030 g/mol. The standard InChI is InChI=1S/C58H94N10O12/c1-15-36(8)49(44(78-13)31-45(69)68-30-20-24-43(68)51(79-14)37(9)52(71)62-38(10)50(70)40-21-17-16-18-22-40)66(11)56(75)47(34(4)5)65-55(74)48(35(6)7)67(12)58(77)80-32-39-25-27-41(28-26-39)63-53(72)42(23-19-29-61-57(60)76)64-54(73)46(59)33(2)3/h16-18,21-22,25-28,33-38,42-44,46-51,70H,15,19-20,23-24,29-32,59H2,1-14H3,(H,62,71)(H,63,72)(H,64,73)(H,65,74)(H3,60,61,76)/t36?,37?,38?,42?,43?,44?,46-,47-,48-,49-,50?,51?/m0/s1. The molecular formula is C58H94N10O12. The number of nitrogens with one attached hydrogen (secondary N) is 5. The molecule has 0 spiro atoms. The highest BCUT2D eigenvalue weighted by Gasteiger charge is 2.44. The fourth-order valence-electron chi connectivity index (χ4n) is 10.2. The maximum Gasteiger partial charge on any atom is 0.410 e. The Bertz CT molecular complexity index is 2320. The van der Waals surface area contributed by atoms with Gasteiger partial charge in [-0.25, -0.2) is 9.59 Å². The molecule has 1 aliphatic heterocycles. The molecule has 0 radical (unpaired) electrons. The third-order valence-corrected chi connectivity index (χ3v) is 15.3. The number of hydrogen-bond donors (Lipinski definition) is 8. The smallest absolute Gasteiger partial charge is 0.410 e. The second kappa shape index (κ2) is 32.8. The molecule has 0 saturated carbocycles. The zero-order valence-electron chi connectivity index (χ0n) is 49.7. The second-order valence-corrected chi connectivity index (χ2v) is 22.3. The molecule has 12 atom stereocenters. The molecule has 10 N–H and O–H groups in total. The van der Waals surface area contributed by atoms with E-state index in [4.69, 9.17) is 25.7 Å². The van der Waals surface area contributed by atoms with Crippen molar-refractivity contribution in [1.29, 1.82) is 0 Å². The molecule has 1 saturated heterocycles. The van der Waals surface area contributed by atoms with Crippen molar-refractivity contribution in [2.45, 2.75) is 175 Å². The Hall–Kier alpha value is -6.36. The van der Waals surface area contributed by atoms with Gasteiger partial charge in [0.1, 0.15) is 24.7 Å². The molecule has 1 aliphatic rings. The van der Waals surface area contributed by atoms with Crippen molar-refractivity contribution in [3.05, 3.63) is 65.7 Å². The van der Waals surface area contributed by atoms with E-state index in [1.807, 2.05) is 45.9 Å². The van der Waals surface area contributed by atoms with E-state index in [9.17, 15) is 43.5 Å². The second-order valence-electron chi connectivity index (χ2n) is 22.3. The third-order valence-electron chi connectivity index (χ3n) is 15.3. The molecule has 1 heterocycles. The summed E-state index contributed by atoms with van der Waals surface area (Å²) in [5.41, 5.74) is 12.8. The molecule has 9 amide bonds. The Morgan fingerprint density at radius 3 is 1.96 bits per heavy atom. The number of benzene rings is 2. The predicted octanol–water partition coefficient (Wildman–Crippen LogP) is 4.43. The van der Waals surface area contributed by atoms with Crippen LogP contribution in [0.4, 0.5) is 15.3 Å². The molecule has 0 bridgehead atoms. The number of nitrogens with two attached hydrogens (primary N) is 2. The Morgan fingerprint density at radius 2 is 1.41 bits per heavy atom. The number of likely N-dealkylation sites (tertiary alicyclic amines) is 1. The van der Waals surface area contributed by atoms with Crippen molar-refractivity contribution in [3.63, 3.8) is 0 Å². The Kier molecular flexibility index (Phi) is 27.8. The summed E-state index contributed by atoms with van der Waals surface area (Å²) in [6, 6.07) is 9.37. The van der Waals surface area contributed by atoms with Gasteiger partial charge in [0.2, 0.25) is 35.4 Å². The van der Waals surface area contributed by atoms with Crippen LogP contribution in [-0.4, -0.2) is 163 Å². The van der Waals surface area contributed by atoms with Gasteiger partial charge in [-0.15, -0.1) is 0 Å². The number of aliphatic hydroxyl groups is 1. The van der Waals surface area contributed by atoms with Gasteiger partial charge in [0.05, 0.1) is 54.8 Å². The van der Waals surface area contributed by atoms with Crippen LogP contribution in [0.5, 0.6) is 0 Å². The minimum Gasteiger partial charge on any atom is -0.445 e. The molecule has 0 aliphatic carbocycles. The molecule has 448 valence electrons. The predicted molar refractivity (Wildman–Crippen MR) is 305 cm³/mol. The van der Waals surface area contributed by atoms with Crippen LogP contribution in [0.3, 0.4) is 0 Å². The number of primary amides is 1. The number of carbonyl (C=O) groups excluding carboxylic acids is 8. The molecule has 2 aromatic carbocycles. The first-order chi connectivity index (χ1) is 37.7. The largest absolute Gasteiger partial charge is 0.445 e. The molecule has 2 aromatic rings. The molecule has 22 nitrogen and oxygen atoms in total. The van der Waals surface area contributed by atoms with Gasteiger partial charge < -0.3 is 67.2 Å². The van der Waals surface area contributed by atoms with Crippen molar-refractivity contribution in [2.75, 3.05) is 46.7 Å². The number of anilines is 1. The summed E-state index contributed by atoms with van der Waals surface area (Å²) in [6.45, 7) is 18.7. The normalized spacial score (nSPS) is 17.6. The van der Waals surface area contributed by atoms with Gasteiger partial charge in [-0.3, -0.25) is 33.7 Å². The van der Waals surface area contributed by atoms with E-state index < -0.39 is 114 Å². The van der Waals surface area contributed by atoms with E-state index in [1.165, 1.54) is 26.2 Å². The van der Waals surface area contributed by atoms with Crippen LogP contribution >= 0.6 is 0 Å². The van der Waals surface area contributed by atoms with Gasteiger partial charge >= 0.3 is 12.1 Å². The van der Waals surface area contributed by atoms with Crippen molar-refractivity contribution >= 4 is 53.3 Å². The maximum atomic E-state index is 14.7. The maximum absolute atomic E-state index is 14.7. The summed E-state index contributed by atoms with van der Waals surface area (Å²) >= 11 is 0. The number of amides is 9. The van der Waals surface area contributed by atoms with Crippen molar-refractivity contribution in [1.82, 2.24) is 36.0 Å². The number of nitrogens with zero attached hydrogens (tertiary/aromatic N) is 3. The van der Waals surface area contributed by atoms with Crippen molar-refractivity contribution in [3.8, 4) is 0 Å². The zero-order valence-corrected chi connectivity index (χ0v) is 49.7. The van der Waals surface area contributed by atoms with E-state index in [0.29, 0.717) is 49.0 Å². The third kappa shape index (κ3) is 19.4. The van der Waals surface area contributed by atoms with Crippen molar-refractivity contribution < 1.29 is 57.7 Å². The summed E-state index contributed by atoms with van der Waals surface area (Å²) in [5, 5.41) is 24.8. The number of likely N-dealkylation sites (N-methyl/N-ethyl adjacent to an activating group) is 2. The van der Waals surface area contributed by atoms with Gasteiger partial charge in [-0.2, -0.15) is 0 Å². The van der Waals surface area contributed by atoms with Crippen LogP contribution in [0.2, 0.25) is 0 Å². The molecule has 8 unspecified atom stereocenters. The fraction of sp³-hybridized carbons (Fsp3) is 0.655. The van der Waals surface area contributed by atoms with Crippen LogP contribution in [0.1, 0.15) is 125 Å². The number of methoxy groups -OCH3 is 2. The van der Waals surface area contributed by atoms with E-state index in [1.54, 1.807) is 94.8 Å². The molecule has 22 heteroatoms. The van der Waals surface area contributed by atoms with Gasteiger partial charge in [0.25, 0.3) is 0 Å². The highest BCUT2D eigenvalue weighted by Crippen LogP contribution is 2.30. The van der Waals surface area contributed by atoms with E-state index in [-0.39, 0.29) is 49.6 Å². The summed E-state index contributed by atoms with van der Waals surface area (Å²) in [7, 11) is 6.12. The minimum absolute atomic E-state index is 0.0747. The van der Waals surface area contributed by atoms with Gasteiger partial charge in [-0.1, -0.05) is 111 Å². The fourth-order valence-corrected chi connectivity index (χ4v) is 10.2. The number of rotatable bonds is 31. The van der Waals surface area contributed by atoms with Crippen molar-refractivity contribution in [2.24, 2.45) is 41.1 Å². The number of aliphatic hydroxyl groups excluding tert-OH is 1. The average Bonchev–Trinajstić information content (AvgIpc) is 3.91. The van der Waals surface area contributed by atoms with Crippen LogP contribution in [0.15, 0.2) is 54.6 Å². The van der Waals surface area contributed by atoms with Crippen LogP contribution < -0.4 is 38.1 Å². The highest BCUT2D eigenvalue weighted by atomic mass is 16.6. The first-order valence-electron chi connectivity index (χ1n) is 28.0. The Labute approximate surface area is 473 Å². The quantitative estimate of drug-likeness (QED) is 0.0485. The number of hydrogen-bond acceptors (Lipinski definition) is 13. The lowest BCUT2D eigenvalue weighted by molar-refractivity contribution is -0.148. The van der Waals surface area contributed by atoms with Gasteiger partial charge in [0.15, 0.2) is 0 Å². The highest BCUT2D eigenvalue weighted by molar-refractivity contribution is 5.98. The lowest BCUT2D eigenvalue weighted by Gasteiger charge is -2.41. The lowest BCUT2D eigenvalue weighted by atomic mass is 9.89. The zero-order chi connectivity index (χ0) is 60.1. The molecule has 3 rings (SSSR count). The summed E-state index contributed by atoms with van der Waals surface area (Å²) in [6.07, 6.45) is -0.736. The first-order valence-corrected chi connectivity index (χ1v) is 28.0. The number of ether oxygens (including phenoxy) is 3. The average molecular weight is 1120 g/mol. The van der Waals surface area contributed by atoms with E-state index >= 15 is 0 Å². The number of carbonyl (C=O) groups is 8. The molecule has 0 aromatic heterocycles. The van der Waals surface area contributed by atoms with Crippen LogP contribution in [0.25, 0.3) is 0 Å². The summed E-state index contributed by atoms with van der Waals surface area (Å²) in [5.74, 6) is -4.32. The topological polar surface area (TPSA) is 306 Å². The van der Waals surface area contributed by atoms with E-state index in [0.717, 1.165) is 0 Å². The van der Waals surface area contributed by atoms with Crippen LogP contribution in [-0.2, 0) is 49.6 Å². The Morgan fingerprint density at radius 1 is 0.775 bits per heavy atom. The number of urea groups is 1. The monoisotopic (exact) mass is 1120 g/mol. The minimum atomic E-state index is -1.05. The molecule has 1 fully saturated rings. The molecule has 80 heavy (non-hydrogen) atoms. The summed E-state index contributed by atoms with van der Waals surface area (Å²) in [4.78, 5) is 112. The van der Waals surface area contributed by atoms with Crippen LogP contribution in [0, 0.1) is 29.6 Å².